The molecule has 1 aromatic rings. The molecule has 1 atom stereocenters. The van der Waals surface area contributed by atoms with E-state index in [4.69, 9.17) is 0 Å². The van der Waals surface area contributed by atoms with Gasteiger partial charge in [-0.25, -0.2) is 0 Å². The molecule has 0 fully saturated rings. The first kappa shape index (κ1) is 17.0. The highest BCUT2D eigenvalue weighted by Crippen LogP contribution is 2.39. The standard InChI is InChI=1S/C17H25N3OS/c1-5-17(3,4)19-10-15(21)20-16-13(9-18)12-7-6-11(2)8-14(12)22-16/h11,19H,5-8,10H2,1-4H3,(H,20,21)/t11-/m0/s1. The van der Waals surface area contributed by atoms with Gasteiger partial charge < -0.3 is 10.6 Å². The van der Waals surface area contributed by atoms with Crippen LogP contribution in [0.5, 0.6) is 0 Å². The lowest BCUT2D eigenvalue weighted by atomic mass is 9.89. The van der Waals surface area contributed by atoms with Gasteiger partial charge in [-0.15, -0.1) is 11.3 Å². The van der Waals surface area contributed by atoms with Crippen LogP contribution in [0.1, 0.15) is 56.5 Å². The Kier molecular flexibility index (Phi) is 5.25. The van der Waals surface area contributed by atoms with E-state index in [1.54, 1.807) is 11.3 Å². The van der Waals surface area contributed by atoms with Crippen LogP contribution in [0, 0.1) is 17.2 Å². The van der Waals surface area contributed by atoms with Crippen molar-refractivity contribution in [3.8, 4) is 6.07 Å². The fraction of sp³-hybridized carbons (Fsp3) is 0.647. The molecule has 0 bridgehead atoms. The average Bonchev–Trinajstić information content (AvgIpc) is 2.81. The molecule has 0 saturated carbocycles. The summed E-state index contributed by atoms with van der Waals surface area (Å²) in [4.78, 5) is 13.4. The molecule has 22 heavy (non-hydrogen) atoms. The Balaban J connectivity index is 2.07. The van der Waals surface area contributed by atoms with E-state index in [9.17, 15) is 10.1 Å². The van der Waals surface area contributed by atoms with Gasteiger partial charge in [0, 0.05) is 10.4 Å². The van der Waals surface area contributed by atoms with E-state index in [1.165, 1.54) is 4.88 Å². The number of nitrogens with one attached hydrogen (secondary N) is 2. The number of amides is 1. The zero-order chi connectivity index (χ0) is 16.3. The van der Waals surface area contributed by atoms with Gasteiger partial charge in [-0.3, -0.25) is 4.79 Å². The Morgan fingerprint density at radius 1 is 1.50 bits per heavy atom. The fourth-order valence-electron chi connectivity index (χ4n) is 2.57. The van der Waals surface area contributed by atoms with E-state index in [0.29, 0.717) is 11.5 Å². The maximum atomic E-state index is 12.1. The highest BCUT2D eigenvalue weighted by Gasteiger charge is 2.25. The zero-order valence-corrected chi connectivity index (χ0v) is 14.7. The molecule has 1 heterocycles. The van der Waals surface area contributed by atoms with Gasteiger partial charge in [-0.05, 0) is 51.0 Å². The largest absolute Gasteiger partial charge is 0.315 e. The predicted molar refractivity (Wildman–Crippen MR) is 91.2 cm³/mol. The van der Waals surface area contributed by atoms with E-state index < -0.39 is 0 Å². The van der Waals surface area contributed by atoms with Crippen LogP contribution < -0.4 is 10.6 Å². The van der Waals surface area contributed by atoms with Crippen LogP contribution in [0.2, 0.25) is 0 Å². The zero-order valence-electron chi connectivity index (χ0n) is 13.9. The van der Waals surface area contributed by atoms with Crippen LogP contribution in [0.4, 0.5) is 5.00 Å². The molecule has 0 unspecified atom stereocenters. The summed E-state index contributed by atoms with van der Waals surface area (Å²) >= 11 is 1.58. The van der Waals surface area contributed by atoms with Crippen molar-refractivity contribution in [1.29, 1.82) is 5.26 Å². The monoisotopic (exact) mass is 319 g/mol. The van der Waals surface area contributed by atoms with E-state index in [2.05, 4.69) is 44.4 Å². The third-order valence-corrected chi connectivity index (χ3v) is 5.66. The van der Waals surface area contributed by atoms with Crippen LogP contribution in [0.3, 0.4) is 0 Å². The molecule has 0 saturated heterocycles. The molecular weight excluding hydrogens is 294 g/mol. The number of hydrogen-bond donors (Lipinski definition) is 2. The minimum absolute atomic E-state index is 0.0560. The summed E-state index contributed by atoms with van der Waals surface area (Å²) in [6, 6.07) is 2.28. The quantitative estimate of drug-likeness (QED) is 0.873. The number of thiophene rings is 1. The van der Waals surface area contributed by atoms with E-state index in [-0.39, 0.29) is 18.0 Å². The lowest BCUT2D eigenvalue weighted by Crippen LogP contribution is -2.43. The molecule has 0 radical (unpaired) electrons. The number of fused-ring (bicyclic) bond motifs is 1. The van der Waals surface area contributed by atoms with Crippen LogP contribution in [-0.4, -0.2) is 18.0 Å². The summed E-state index contributed by atoms with van der Waals surface area (Å²) in [5.41, 5.74) is 1.78. The second kappa shape index (κ2) is 6.80. The van der Waals surface area contributed by atoms with E-state index in [1.807, 2.05) is 0 Å². The van der Waals surface area contributed by atoms with Gasteiger partial charge in [0.25, 0.3) is 0 Å². The molecule has 1 aliphatic carbocycles. The Labute approximate surface area is 136 Å². The Hall–Kier alpha value is -1.38. The van der Waals surface area contributed by atoms with Crippen LogP contribution in [0.25, 0.3) is 0 Å². The molecule has 4 nitrogen and oxygen atoms in total. The van der Waals surface area contributed by atoms with Gasteiger partial charge in [-0.2, -0.15) is 5.26 Å². The first-order chi connectivity index (χ1) is 10.4. The molecule has 1 aliphatic rings. The molecule has 1 amide bonds. The molecule has 0 aromatic carbocycles. The highest BCUT2D eigenvalue weighted by molar-refractivity contribution is 7.16. The summed E-state index contributed by atoms with van der Waals surface area (Å²) in [5, 5.41) is 16.3. The number of carbonyl (C=O) groups is 1. The molecule has 5 heteroatoms. The van der Waals surface area contributed by atoms with Gasteiger partial charge in [-0.1, -0.05) is 13.8 Å². The minimum Gasteiger partial charge on any atom is -0.315 e. The van der Waals surface area contributed by atoms with E-state index >= 15 is 0 Å². The maximum Gasteiger partial charge on any atom is 0.238 e. The summed E-state index contributed by atoms with van der Waals surface area (Å²) < 4.78 is 0. The topological polar surface area (TPSA) is 64.9 Å². The Bertz CT molecular complexity index is 598. The third-order valence-electron chi connectivity index (χ3n) is 4.49. The lowest BCUT2D eigenvalue weighted by molar-refractivity contribution is -0.115. The number of carbonyl (C=O) groups excluding carboxylic acids is 1. The first-order valence-electron chi connectivity index (χ1n) is 7.95. The van der Waals surface area contributed by atoms with Crippen molar-refractivity contribution in [3.05, 3.63) is 16.0 Å². The van der Waals surface area contributed by atoms with Crippen LogP contribution >= 0.6 is 11.3 Å². The summed E-state index contributed by atoms with van der Waals surface area (Å²) in [6.45, 7) is 8.75. The van der Waals surface area contributed by atoms with Crippen molar-refractivity contribution >= 4 is 22.2 Å². The van der Waals surface area contributed by atoms with Gasteiger partial charge in [0.05, 0.1) is 12.1 Å². The van der Waals surface area contributed by atoms with Gasteiger partial charge in [0.2, 0.25) is 5.91 Å². The van der Waals surface area contributed by atoms with E-state index in [0.717, 1.165) is 36.2 Å². The predicted octanol–water partition coefficient (Wildman–Crippen LogP) is 3.46. The summed E-state index contributed by atoms with van der Waals surface area (Å²) in [7, 11) is 0. The Morgan fingerprint density at radius 2 is 2.23 bits per heavy atom. The minimum atomic E-state index is -0.0790. The maximum absolute atomic E-state index is 12.1. The molecule has 120 valence electrons. The SMILES string of the molecule is CCC(C)(C)NCC(=O)Nc1sc2c(c1C#N)CC[C@H](C)C2. The van der Waals surface area contributed by atoms with Gasteiger partial charge >= 0.3 is 0 Å². The molecule has 0 aliphatic heterocycles. The average molecular weight is 319 g/mol. The number of rotatable bonds is 5. The van der Waals surface area contributed by atoms with Gasteiger partial charge in [0.1, 0.15) is 11.1 Å². The summed E-state index contributed by atoms with van der Waals surface area (Å²) in [6.07, 6.45) is 4.05. The molecule has 2 N–H and O–H groups in total. The first-order valence-corrected chi connectivity index (χ1v) is 8.77. The Morgan fingerprint density at radius 3 is 2.86 bits per heavy atom. The second-order valence-corrected chi connectivity index (χ2v) is 7.91. The van der Waals surface area contributed by atoms with Crippen molar-refractivity contribution in [3.63, 3.8) is 0 Å². The third kappa shape index (κ3) is 3.88. The van der Waals surface area contributed by atoms with Crippen molar-refractivity contribution in [1.82, 2.24) is 5.32 Å². The normalized spacial score (nSPS) is 17.7. The molecule has 0 spiro atoms. The van der Waals surface area contributed by atoms with Crippen LogP contribution in [0.15, 0.2) is 0 Å². The number of anilines is 1. The molecule has 1 aromatic heterocycles. The van der Waals surface area contributed by atoms with Crippen molar-refractivity contribution in [2.75, 3.05) is 11.9 Å². The highest BCUT2D eigenvalue weighted by atomic mass is 32.1. The molecular formula is C17H25N3OS. The second-order valence-electron chi connectivity index (χ2n) is 6.81. The fourth-order valence-corrected chi connectivity index (χ4v) is 3.95. The van der Waals surface area contributed by atoms with Crippen molar-refractivity contribution < 1.29 is 4.79 Å². The van der Waals surface area contributed by atoms with Crippen molar-refractivity contribution in [2.45, 2.75) is 58.9 Å². The number of hydrogen-bond acceptors (Lipinski definition) is 4. The lowest BCUT2D eigenvalue weighted by Gasteiger charge is -2.24. The summed E-state index contributed by atoms with van der Waals surface area (Å²) in [5.74, 6) is 0.581. The van der Waals surface area contributed by atoms with Crippen molar-refractivity contribution in [2.24, 2.45) is 5.92 Å². The van der Waals surface area contributed by atoms with Crippen LogP contribution in [-0.2, 0) is 17.6 Å². The smallest absolute Gasteiger partial charge is 0.238 e. The number of nitrogens with zero attached hydrogens (tertiary/aromatic N) is 1. The number of nitriles is 1. The van der Waals surface area contributed by atoms with Gasteiger partial charge in [0.15, 0.2) is 0 Å². The molecule has 2 rings (SSSR count).